The maximum atomic E-state index is 12.9. The summed E-state index contributed by atoms with van der Waals surface area (Å²) in [7, 11) is 0. The first-order valence-electron chi connectivity index (χ1n) is 9.12. The smallest absolute Gasteiger partial charge is 0.227 e. The lowest BCUT2D eigenvalue weighted by molar-refractivity contribution is -0.137. The third-order valence-electron chi connectivity index (χ3n) is 5.07. The Balaban J connectivity index is 1.77. The summed E-state index contributed by atoms with van der Waals surface area (Å²) in [6.45, 7) is 2.94. The molecule has 0 aliphatic carbocycles. The van der Waals surface area contributed by atoms with Crippen LogP contribution < -0.4 is 5.32 Å². The normalized spacial score (nSPS) is 17.5. The van der Waals surface area contributed by atoms with E-state index in [1.807, 2.05) is 25.3 Å². The van der Waals surface area contributed by atoms with E-state index < -0.39 is 5.41 Å². The molecule has 5 heteroatoms. The van der Waals surface area contributed by atoms with Gasteiger partial charge in [0.1, 0.15) is 0 Å². The van der Waals surface area contributed by atoms with Crippen LogP contribution in [0.4, 0.5) is 0 Å². The maximum Gasteiger partial charge on any atom is 0.227 e. The van der Waals surface area contributed by atoms with Crippen molar-refractivity contribution < 1.29 is 14.6 Å². The van der Waals surface area contributed by atoms with Crippen molar-refractivity contribution in [2.24, 2.45) is 5.41 Å². The first-order chi connectivity index (χ1) is 12.6. The van der Waals surface area contributed by atoms with Crippen molar-refractivity contribution >= 4 is 5.91 Å². The van der Waals surface area contributed by atoms with Crippen LogP contribution in [0.25, 0.3) is 11.1 Å². The van der Waals surface area contributed by atoms with Crippen molar-refractivity contribution in [3.63, 3.8) is 0 Å². The van der Waals surface area contributed by atoms with Crippen LogP contribution in [0.15, 0.2) is 48.8 Å². The molecule has 2 heterocycles. The Hall–Kier alpha value is -2.24. The van der Waals surface area contributed by atoms with Crippen molar-refractivity contribution in [1.82, 2.24) is 10.3 Å². The van der Waals surface area contributed by atoms with Gasteiger partial charge in [-0.15, -0.1) is 0 Å². The van der Waals surface area contributed by atoms with Crippen LogP contribution >= 0.6 is 0 Å². The lowest BCUT2D eigenvalue weighted by Crippen LogP contribution is -2.49. The highest BCUT2D eigenvalue weighted by Gasteiger charge is 2.40. The van der Waals surface area contributed by atoms with Gasteiger partial charge in [0, 0.05) is 31.6 Å². The van der Waals surface area contributed by atoms with E-state index in [0.717, 1.165) is 16.7 Å². The van der Waals surface area contributed by atoms with Crippen molar-refractivity contribution in [3.05, 3.63) is 54.4 Å². The molecule has 1 aliphatic heterocycles. The van der Waals surface area contributed by atoms with E-state index in [9.17, 15) is 9.90 Å². The van der Waals surface area contributed by atoms with Gasteiger partial charge in [0.25, 0.3) is 0 Å². The molecular formula is C21H26N2O3. The van der Waals surface area contributed by atoms with Gasteiger partial charge in [-0.1, -0.05) is 30.3 Å². The van der Waals surface area contributed by atoms with Gasteiger partial charge in [0.15, 0.2) is 0 Å². The van der Waals surface area contributed by atoms with Crippen molar-refractivity contribution in [2.75, 3.05) is 19.8 Å². The maximum absolute atomic E-state index is 12.9. The number of carbonyl (C=O) groups excluding carboxylic acids is 1. The number of nitrogens with zero attached hydrogens (tertiary/aromatic N) is 1. The van der Waals surface area contributed by atoms with E-state index >= 15 is 0 Å². The number of aliphatic hydroxyl groups is 1. The van der Waals surface area contributed by atoms with E-state index in [2.05, 4.69) is 34.6 Å². The highest BCUT2D eigenvalue weighted by atomic mass is 16.5. The first kappa shape index (κ1) is 18.5. The average Bonchev–Trinajstić information content (AvgIpc) is 2.70. The molecule has 0 radical (unpaired) electrons. The molecule has 2 N–H and O–H groups in total. The molecule has 1 amide bonds. The van der Waals surface area contributed by atoms with Crippen LogP contribution in [-0.4, -0.2) is 41.9 Å². The third kappa shape index (κ3) is 4.29. The van der Waals surface area contributed by atoms with E-state index in [0.29, 0.717) is 32.5 Å². The number of benzene rings is 1. The molecule has 0 bridgehead atoms. The molecular weight excluding hydrogens is 328 g/mol. The largest absolute Gasteiger partial charge is 0.394 e. The Morgan fingerprint density at radius 3 is 2.58 bits per heavy atom. The number of carbonyl (C=O) groups is 1. The molecule has 0 unspecified atom stereocenters. The molecule has 3 rings (SSSR count). The Kier molecular flexibility index (Phi) is 6.01. The monoisotopic (exact) mass is 354 g/mol. The predicted octanol–water partition coefficient (Wildman–Crippen LogP) is 2.58. The number of aliphatic hydroxyl groups excluding tert-OH is 1. The van der Waals surface area contributed by atoms with E-state index in [4.69, 9.17) is 4.74 Å². The van der Waals surface area contributed by atoms with Gasteiger partial charge in [0.05, 0.1) is 12.0 Å². The Morgan fingerprint density at radius 1 is 1.23 bits per heavy atom. The van der Waals surface area contributed by atoms with Gasteiger partial charge in [0.2, 0.25) is 5.91 Å². The summed E-state index contributed by atoms with van der Waals surface area (Å²) in [5, 5.41) is 12.2. The Labute approximate surface area is 154 Å². The van der Waals surface area contributed by atoms with E-state index in [1.54, 1.807) is 6.20 Å². The summed E-state index contributed by atoms with van der Waals surface area (Å²) in [6.07, 6.45) is 5.67. The summed E-state index contributed by atoms with van der Waals surface area (Å²) in [4.78, 5) is 17.1. The van der Waals surface area contributed by atoms with Crippen LogP contribution in [0.5, 0.6) is 0 Å². The average molecular weight is 354 g/mol. The molecule has 0 spiro atoms. The van der Waals surface area contributed by atoms with E-state index in [1.165, 1.54) is 0 Å². The van der Waals surface area contributed by atoms with Crippen molar-refractivity contribution in [2.45, 2.75) is 32.2 Å². The number of rotatable bonds is 6. The van der Waals surface area contributed by atoms with Crippen molar-refractivity contribution in [1.29, 1.82) is 0 Å². The number of nitrogens with one attached hydrogen (secondary N) is 1. The molecule has 1 atom stereocenters. The second-order valence-electron chi connectivity index (χ2n) is 7.07. The molecule has 1 fully saturated rings. The summed E-state index contributed by atoms with van der Waals surface area (Å²) < 4.78 is 5.48. The summed E-state index contributed by atoms with van der Waals surface area (Å²) >= 11 is 0. The fourth-order valence-corrected chi connectivity index (χ4v) is 3.41. The Morgan fingerprint density at radius 2 is 1.96 bits per heavy atom. The van der Waals surface area contributed by atoms with Crippen LogP contribution in [0.1, 0.15) is 25.3 Å². The zero-order valence-corrected chi connectivity index (χ0v) is 15.1. The zero-order valence-electron chi connectivity index (χ0n) is 15.1. The number of ether oxygens (including phenoxy) is 1. The van der Waals surface area contributed by atoms with Crippen LogP contribution in [0.2, 0.25) is 0 Å². The number of hydrogen-bond donors (Lipinski definition) is 2. The minimum atomic E-state index is -0.475. The quantitative estimate of drug-likeness (QED) is 0.836. The van der Waals surface area contributed by atoms with Crippen LogP contribution in [-0.2, 0) is 16.0 Å². The number of hydrogen-bond acceptors (Lipinski definition) is 4. The number of aromatic nitrogens is 1. The third-order valence-corrected chi connectivity index (χ3v) is 5.07. The van der Waals surface area contributed by atoms with E-state index in [-0.39, 0.29) is 18.6 Å². The van der Waals surface area contributed by atoms with Gasteiger partial charge >= 0.3 is 0 Å². The van der Waals surface area contributed by atoms with Gasteiger partial charge < -0.3 is 15.2 Å². The minimum Gasteiger partial charge on any atom is -0.394 e. The molecule has 1 aromatic heterocycles. The summed E-state index contributed by atoms with van der Waals surface area (Å²) in [6, 6.07) is 12.0. The van der Waals surface area contributed by atoms with Crippen LogP contribution in [0, 0.1) is 5.41 Å². The molecule has 0 saturated carbocycles. The molecule has 1 aliphatic rings. The second-order valence-corrected chi connectivity index (χ2v) is 7.07. The Bertz CT molecular complexity index is 710. The lowest BCUT2D eigenvalue weighted by atomic mass is 9.74. The highest BCUT2D eigenvalue weighted by molar-refractivity contribution is 5.83. The fraction of sp³-hybridized carbons (Fsp3) is 0.429. The van der Waals surface area contributed by atoms with Gasteiger partial charge in [-0.25, -0.2) is 0 Å². The number of pyridine rings is 1. The molecule has 26 heavy (non-hydrogen) atoms. The topological polar surface area (TPSA) is 71.5 Å². The summed E-state index contributed by atoms with van der Waals surface area (Å²) in [5.74, 6) is 0.0127. The van der Waals surface area contributed by atoms with Crippen molar-refractivity contribution in [3.8, 4) is 11.1 Å². The molecule has 1 saturated heterocycles. The van der Waals surface area contributed by atoms with Gasteiger partial charge in [-0.05, 0) is 48.9 Å². The van der Waals surface area contributed by atoms with Gasteiger partial charge in [-0.3, -0.25) is 9.78 Å². The molecule has 1 aromatic carbocycles. The SMILES string of the molecule is C[C@H](CO)NC(=O)C1(Cc2ccc(-c3cccnc3)cc2)CCOCC1. The van der Waals surface area contributed by atoms with Gasteiger partial charge in [-0.2, -0.15) is 0 Å². The lowest BCUT2D eigenvalue weighted by Gasteiger charge is -2.36. The minimum absolute atomic E-state index is 0.0127. The summed E-state index contributed by atoms with van der Waals surface area (Å²) in [5.41, 5.74) is 2.85. The van der Waals surface area contributed by atoms with Crippen LogP contribution in [0.3, 0.4) is 0 Å². The predicted molar refractivity (Wildman–Crippen MR) is 101 cm³/mol. The molecule has 138 valence electrons. The fourth-order valence-electron chi connectivity index (χ4n) is 3.41. The standard InChI is InChI=1S/C21H26N2O3/c1-16(15-24)23-20(25)21(8-11-26-12-9-21)13-17-4-6-18(7-5-17)19-3-2-10-22-14-19/h2-7,10,14,16,24H,8-9,11-13,15H2,1H3,(H,23,25)/t16-/m1/s1. The second kappa shape index (κ2) is 8.43. The molecule has 2 aromatic rings. The first-order valence-corrected chi connectivity index (χ1v) is 9.12. The highest BCUT2D eigenvalue weighted by Crippen LogP contribution is 2.35. The zero-order chi connectivity index (χ0) is 18.4. The molecule has 5 nitrogen and oxygen atoms in total. The number of amides is 1.